The monoisotopic (exact) mass is 422 g/mol. The number of rotatable bonds is 3. The van der Waals surface area contributed by atoms with E-state index in [1.165, 1.54) is 34.4 Å². The number of ether oxygens (including phenoxy) is 1. The molecule has 2 aromatic carbocycles. The molecule has 0 aromatic heterocycles. The fraction of sp³-hybridized carbons (Fsp3) is 0.360. The number of amides is 2. The second kappa shape index (κ2) is 8.17. The molecular weight excluding hydrogens is 395 g/mol. The topological polar surface area (TPSA) is 58.6 Å². The summed E-state index contributed by atoms with van der Waals surface area (Å²) in [6.07, 6.45) is 0.892. The number of hydrogen-bond acceptors (Lipinski definition) is 3. The third-order valence-corrected chi connectivity index (χ3v) is 5.64. The van der Waals surface area contributed by atoms with Crippen molar-refractivity contribution in [3.63, 3.8) is 0 Å². The second-order valence-electron chi connectivity index (χ2n) is 8.98. The van der Waals surface area contributed by atoms with Gasteiger partial charge in [0, 0.05) is 6.54 Å². The number of alkyl carbamates (subject to hydrolysis) is 1. The van der Waals surface area contributed by atoms with Crippen LogP contribution in [0.1, 0.15) is 49.9 Å². The van der Waals surface area contributed by atoms with E-state index in [9.17, 15) is 14.0 Å². The van der Waals surface area contributed by atoms with Crippen LogP contribution in [0.3, 0.4) is 0 Å². The van der Waals surface area contributed by atoms with Crippen molar-refractivity contribution < 1.29 is 18.7 Å². The normalized spacial score (nSPS) is 17.8. The van der Waals surface area contributed by atoms with Crippen LogP contribution in [0.2, 0.25) is 0 Å². The largest absolute Gasteiger partial charge is 0.444 e. The Hall–Kier alpha value is -3.15. The first-order valence-corrected chi connectivity index (χ1v) is 10.5. The number of halogens is 1. The molecule has 2 aromatic rings. The molecule has 1 N–H and O–H groups in total. The first kappa shape index (κ1) is 21.1. The maximum absolute atomic E-state index is 13.6. The SMILES string of the molecule is CC(C)(C)OC(=O)NCC(=O)N1CCC2=C(Cc3ccccc32)C1c1ccc(F)cc1. The molecule has 6 heteroatoms. The van der Waals surface area contributed by atoms with E-state index < -0.39 is 11.7 Å². The van der Waals surface area contributed by atoms with Crippen LogP contribution >= 0.6 is 0 Å². The quantitative estimate of drug-likeness (QED) is 0.784. The summed E-state index contributed by atoms with van der Waals surface area (Å²) in [5.41, 5.74) is 5.17. The van der Waals surface area contributed by atoms with Gasteiger partial charge in [-0.25, -0.2) is 9.18 Å². The van der Waals surface area contributed by atoms with Crippen LogP contribution in [-0.4, -0.2) is 35.6 Å². The molecule has 2 amide bonds. The molecule has 1 heterocycles. The van der Waals surface area contributed by atoms with E-state index in [1.54, 1.807) is 37.8 Å². The summed E-state index contributed by atoms with van der Waals surface area (Å²) in [4.78, 5) is 26.9. The number of nitrogens with one attached hydrogen (secondary N) is 1. The first-order valence-electron chi connectivity index (χ1n) is 10.5. The molecule has 0 saturated carbocycles. The van der Waals surface area contributed by atoms with E-state index >= 15 is 0 Å². The zero-order valence-electron chi connectivity index (χ0n) is 18.1. The molecule has 162 valence electrons. The molecule has 0 bridgehead atoms. The van der Waals surface area contributed by atoms with Gasteiger partial charge >= 0.3 is 6.09 Å². The summed E-state index contributed by atoms with van der Waals surface area (Å²) >= 11 is 0. The van der Waals surface area contributed by atoms with Crippen molar-refractivity contribution in [2.45, 2.75) is 45.3 Å². The van der Waals surface area contributed by atoms with Crippen molar-refractivity contribution in [2.75, 3.05) is 13.1 Å². The Morgan fingerprint density at radius 1 is 1.13 bits per heavy atom. The number of nitrogens with zero attached hydrogens (tertiary/aromatic N) is 1. The second-order valence-corrected chi connectivity index (χ2v) is 8.98. The van der Waals surface area contributed by atoms with Gasteiger partial charge in [0.25, 0.3) is 0 Å². The highest BCUT2D eigenvalue weighted by Crippen LogP contribution is 2.46. The molecule has 0 fully saturated rings. The van der Waals surface area contributed by atoms with Gasteiger partial charge in [0.2, 0.25) is 5.91 Å². The fourth-order valence-corrected chi connectivity index (χ4v) is 4.42. The number of fused-ring (bicyclic) bond motifs is 2. The number of carbonyl (C=O) groups excluding carboxylic acids is 2. The highest BCUT2D eigenvalue weighted by Gasteiger charge is 2.37. The fourth-order valence-electron chi connectivity index (χ4n) is 4.42. The van der Waals surface area contributed by atoms with Gasteiger partial charge in [0.15, 0.2) is 0 Å². The van der Waals surface area contributed by atoms with Gasteiger partial charge in [0.1, 0.15) is 18.0 Å². The lowest BCUT2D eigenvalue weighted by molar-refractivity contribution is -0.132. The van der Waals surface area contributed by atoms with Crippen LogP contribution in [0.15, 0.2) is 54.1 Å². The standard InChI is InChI=1S/C25H27FN2O3/c1-25(2,3)31-24(30)27-15-22(29)28-13-12-20-19-7-5-4-6-17(19)14-21(20)23(28)16-8-10-18(26)11-9-16/h4-11,23H,12-15H2,1-3H3,(H,27,30). The van der Waals surface area contributed by atoms with E-state index in [0.29, 0.717) is 6.54 Å². The van der Waals surface area contributed by atoms with E-state index in [-0.39, 0.29) is 24.3 Å². The zero-order valence-corrected chi connectivity index (χ0v) is 18.1. The third-order valence-electron chi connectivity index (χ3n) is 5.64. The lowest BCUT2D eigenvalue weighted by Gasteiger charge is -2.38. The molecule has 1 aliphatic carbocycles. The molecule has 0 spiro atoms. The van der Waals surface area contributed by atoms with Crippen molar-refractivity contribution in [1.82, 2.24) is 10.2 Å². The van der Waals surface area contributed by atoms with Crippen molar-refractivity contribution in [3.05, 3.63) is 76.6 Å². The third kappa shape index (κ3) is 4.48. The minimum Gasteiger partial charge on any atom is -0.444 e. The minimum absolute atomic E-state index is 0.151. The molecule has 4 rings (SSSR count). The number of hydrogen-bond donors (Lipinski definition) is 1. The average molecular weight is 422 g/mol. The molecular formula is C25H27FN2O3. The van der Waals surface area contributed by atoms with E-state index in [0.717, 1.165) is 18.4 Å². The van der Waals surface area contributed by atoms with Gasteiger partial charge in [-0.1, -0.05) is 36.4 Å². The van der Waals surface area contributed by atoms with Gasteiger partial charge in [-0.3, -0.25) is 4.79 Å². The predicted molar refractivity (Wildman–Crippen MR) is 117 cm³/mol. The highest BCUT2D eigenvalue weighted by molar-refractivity contribution is 5.86. The van der Waals surface area contributed by atoms with E-state index in [2.05, 4.69) is 17.4 Å². The van der Waals surface area contributed by atoms with Crippen LogP contribution < -0.4 is 5.32 Å². The number of carbonyl (C=O) groups is 2. The van der Waals surface area contributed by atoms with Crippen molar-refractivity contribution in [3.8, 4) is 0 Å². The van der Waals surface area contributed by atoms with Crippen LogP contribution in [0.25, 0.3) is 5.57 Å². The molecule has 31 heavy (non-hydrogen) atoms. The maximum atomic E-state index is 13.6. The molecule has 0 saturated heterocycles. The van der Waals surface area contributed by atoms with E-state index in [4.69, 9.17) is 4.74 Å². The maximum Gasteiger partial charge on any atom is 0.408 e. The van der Waals surface area contributed by atoms with E-state index in [1.807, 2.05) is 12.1 Å². The zero-order chi connectivity index (χ0) is 22.2. The van der Waals surface area contributed by atoms with Crippen LogP contribution in [0.4, 0.5) is 9.18 Å². The van der Waals surface area contributed by atoms with Gasteiger partial charge in [0.05, 0.1) is 6.04 Å². The van der Waals surface area contributed by atoms with Crippen molar-refractivity contribution in [2.24, 2.45) is 0 Å². The first-order chi connectivity index (χ1) is 14.7. The Kier molecular flexibility index (Phi) is 5.56. The molecule has 0 radical (unpaired) electrons. The molecule has 2 aliphatic rings. The van der Waals surface area contributed by atoms with Gasteiger partial charge in [-0.15, -0.1) is 0 Å². The summed E-state index contributed by atoms with van der Waals surface area (Å²) in [6.45, 7) is 5.70. The summed E-state index contributed by atoms with van der Waals surface area (Å²) in [7, 11) is 0. The Morgan fingerprint density at radius 2 is 1.84 bits per heavy atom. The minimum atomic E-state index is -0.635. The number of benzene rings is 2. The summed E-state index contributed by atoms with van der Waals surface area (Å²) in [6, 6.07) is 14.3. The molecule has 5 nitrogen and oxygen atoms in total. The summed E-state index contributed by atoms with van der Waals surface area (Å²) in [5, 5.41) is 2.57. The lowest BCUT2D eigenvalue weighted by Crippen LogP contribution is -2.45. The Morgan fingerprint density at radius 3 is 2.55 bits per heavy atom. The van der Waals surface area contributed by atoms with Crippen LogP contribution in [0.5, 0.6) is 0 Å². The van der Waals surface area contributed by atoms with Gasteiger partial charge < -0.3 is 15.0 Å². The van der Waals surface area contributed by atoms with Crippen molar-refractivity contribution in [1.29, 1.82) is 0 Å². The predicted octanol–water partition coefficient (Wildman–Crippen LogP) is 4.63. The highest BCUT2D eigenvalue weighted by atomic mass is 19.1. The lowest BCUT2D eigenvalue weighted by atomic mass is 9.88. The molecule has 1 aliphatic heterocycles. The Bertz CT molecular complexity index is 1040. The van der Waals surface area contributed by atoms with Gasteiger partial charge in [-0.05, 0) is 73.6 Å². The Balaban J connectivity index is 1.60. The Labute approximate surface area is 181 Å². The van der Waals surface area contributed by atoms with Crippen LogP contribution in [-0.2, 0) is 16.0 Å². The molecule has 1 atom stereocenters. The van der Waals surface area contributed by atoms with Crippen LogP contribution in [0, 0.1) is 5.82 Å². The summed E-state index contributed by atoms with van der Waals surface area (Å²) < 4.78 is 18.8. The van der Waals surface area contributed by atoms with Crippen molar-refractivity contribution >= 4 is 17.6 Å². The summed E-state index contributed by atoms with van der Waals surface area (Å²) in [5.74, 6) is -0.504. The average Bonchev–Trinajstić information content (AvgIpc) is 3.09. The molecule has 1 unspecified atom stereocenters. The smallest absolute Gasteiger partial charge is 0.408 e. The van der Waals surface area contributed by atoms with Gasteiger partial charge in [-0.2, -0.15) is 0 Å².